The molecule has 1 heterocycles. The Kier molecular flexibility index (Phi) is 6.26. The summed E-state index contributed by atoms with van der Waals surface area (Å²) in [5, 5.41) is 12.4. The summed E-state index contributed by atoms with van der Waals surface area (Å²) in [6.07, 6.45) is 0. The summed E-state index contributed by atoms with van der Waals surface area (Å²) in [4.78, 5) is 12.7. The molecular formula is C20H21ClN4O2S. The number of hydrogen-bond acceptors (Lipinski definition) is 5. The van der Waals surface area contributed by atoms with Gasteiger partial charge in [0.05, 0.1) is 18.0 Å². The molecular weight excluding hydrogens is 396 g/mol. The molecule has 0 aliphatic heterocycles. The molecule has 2 aromatic carbocycles. The van der Waals surface area contributed by atoms with Gasteiger partial charge in [-0.25, -0.2) is 0 Å². The third kappa shape index (κ3) is 4.48. The molecule has 0 bridgehead atoms. The van der Waals surface area contributed by atoms with Gasteiger partial charge in [0.15, 0.2) is 11.0 Å². The molecule has 0 radical (unpaired) electrons. The molecule has 0 fully saturated rings. The van der Waals surface area contributed by atoms with Crippen LogP contribution in [0.1, 0.15) is 12.5 Å². The number of carbonyl (C=O) groups excluding carboxylic acids is 1. The van der Waals surface area contributed by atoms with E-state index in [2.05, 4.69) is 15.5 Å². The number of methoxy groups -OCH3 is 1. The number of aromatic nitrogens is 3. The Morgan fingerprint density at radius 1 is 1.21 bits per heavy atom. The molecule has 8 heteroatoms. The first-order valence-electron chi connectivity index (χ1n) is 8.66. The van der Waals surface area contributed by atoms with E-state index in [0.717, 1.165) is 11.1 Å². The van der Waals surface area contributed by atoms with Crippen LogP contribution in [0.3, 0.4) is 0 Å². The van der Waals surface area contributed by atoms with Gasteiger partial charge in [-0.1, -0.05) is 29.4 Å². The van der Waals surface area contributed by atoms with Crippen LogP contribution >= 0.6 is 23.4 Å². The monoisotopic (exact) mass is 416 g/mol. The van der Waals surface area contributed by atoms with Crippen LogP contribution in [-0.2, 0) is 11.8 Å². The normalized spacial score (nSPS) is 11.9. The number of hydrogen-bond donors (Lipinski definition) is 1. The number of ether oxygens (including phenoxy) is 1. The molecule has 6 nitrogen and oxygen atoms in total. The number of nitrogens with zero attached hydrogens (tertiary/aromatic N) is 3. The smallest absolute Gasteiger partial charge is 0.237 e. The van der Waals surface area contributed by atoms with Crippen molar-refractivity contribution in [3.63, 3.8) is 0 Å². The number of halogens is 1. The first-order chi connectivity index (χ1) is 13.4. The van der Waals surface area contributed by atoms with Crippen LogP contribution < -0.4 is 10.1 Å². The number of rotatable bonds is 6. The highest BCUT2D eigenvalue weighted by molar-refractivity contribution is 8.00. The maximum absolute atomic E-state index is 12.7. The zero-order valence-electron chi connectivity index (χ0n) is 16.1. The molecule has 1 amide bonds. The second-order valence-electron chi connectivity index (χ2n) is 6.33. The summed E-state index contributed by atoms with van der Waals surface area (Å²) in [6, 6.07) is 13.1. The Labute approximate surface area is 173 Å². The van der Waals surface area contributed by atoms with Crippen molar-refractivity contribution in [2.75, 3.05) is 12.4 Å². The number of amides is 1. The van der Waals surface area contributed by atoms with Crippen LogP contribution in [0.15, 0.2) is 47.6 Å². The fourth-order valence-corrected chi connectivity index (χ4v) is 3.57. The average Bonchev–Trinajstić information content (AvgIpc) is 3.03. The largest absolute Gasteiger partial charge is 0.495 e. The minimum absolute atomic E-state index is 0.134. The molecule has 1 atom stereocenters. The van der Waals surface area contributed by atoms with Crippen molar-refractivity contribution in [3.05, 3.63) is 53.1 Å². The van der Waals surface area contributed by atoms with Crippen molar-refractivity contribution >= 4 is 35.0 Å². The molecule has 0 aliphatic rings. The van der Waals surface area contributed by atoms with Crippen molar-refractivity contribution in [3.8, 4) is 17.1 Å². The van der Waals surface area contributed by atoms with E-state index < -0.39 is 0 Å². The van der Waals surface area contributed by atoms with E-state index in [-0.39, 0.29) is 11.2 Å². The highest BCUT2D eigenvalue weighted by atomic mass is 35.5. The number of nitrogens with one attached hydrogen (secondary N) is 1. The highest BCUT2D eigenvalue weighted by Gasteiger charge is 2.20. The Morgan fingerprint density at radius 2 is 1.93 bits per heavy atom. The summed E-state index contributed by atoms with van der Waals surface area (Å²) < 4.78 is 7.19. The molecule has 3 aromatic rings. The van der Waals surface area contributed by atoms with Crippen LogP contribution in [0.5, 0.6) is 5.75 Å². The third-order valence-corrected chi connectivity index (χ3v) is 5.59. The van der Waals surface area contributed by atoms with E-state index in [4.69, 9.17) is 16.3 Å². The fourth-order valence-electron chi connectivity index (χ4n) is 2.63. The van der Waals surface area contributed by atoms with E-state index in [1.807, 2.05) is 67.9 Å². The maximum atomic E-state index is 12.7. The number of aryl methyl sites for hydroxylation is 1. The van der Waals surface area contributed by atoms with E-state index in [9.17, 15) is 4.79 Å². The van der Waals surface area contributed by atoms with E-state index in [0.29, 0.717) is 27.4 Å². The van der Waals surface area contributed by atoms with Gasteiger partial charge in [0.25, 0.3) is 0 Å². The summed E-state index contributed by atoms with van der Waals surface area (Å²) in [5.74, 6) is 1.21. The van der Waals surface area contributed by atoms with Crippen molar-refractivity contribution < 1.29 is 9.53 Å². The Hall–Kier alpha value is -2.51. The zero-order valence-corrected chi connectivity index (χ0v) is 17.6. The molecule has 0 saturated carbocycles. The summed E-state index contributed by atoms with van der Waals surface area (Å²) in [5.41, 5.74) is 2.60. The number of thioether (sulfide) groups is 1. The minimum atomic E-state index is -0.369. The van der Waals surface area contributed by atoms with Gasteiger partial charge >= 0.3 is 0 Å². The Morgan fingerprint density at radius 3 is 2.61 bits per heavy atom. The van der Waals surface area contributed by atoms with Gasteiger partial charge in [-0.05, 0) is 55.8 Å². The lowest BCUT2D eigenvalue weighted by Crippen LogP contribution is -2.23. The van der Waals surface area contributed by atoms with Gasteiger partial charge in [-0.2, -0.15) is 0 Å². The second-order valence-corrected chi connectivity index (χ2v) is 8.07. The second kappa shape index (κ2) is 8.67. The first-order valence-corrected chi connectivity index (χ1v) is 9.92. The van der Waals surface area contributed by atoms with Gasteiger partial charge in [-0.3, -0.25) is 4.79 Å². The lowest BCUT2D eigenvalue weighted by Gasteiger charge is -2.14. The molecule has 3 rings (SSSR count). The van der Waals surface area contributed by atoms with Crippen LogP contribution in [0.4, 0.5) is 5.69 Å². The summed E-state index contributed by atoms with van der Waals surface area (Å²) >= 11 is 7.29. The lowest BCUT2D eigenvalue weighted by molar-refractivity contribution is -0.115. The zero-order chi connectivity index (χ0) is 20.3. The van der Waals surface area contributed by atoms with Crippen LogP contribution in [-0.4, -0.2) is 33.0 Å². The van der Waals surface area contributed by atoms with E-state index >= 15 is 0 Å². The lowest BCUT2D eigenvalue weighted by atomic mass is 10.2. The molecule has 146 valence electrons. The molecule has 28 heavy (non-hydrogen) atoms. The summed E-state index contributed by atoms with van der Waals surface area (Å²) in [6.45, 7) is 3.80. The molecule has 0 aliphatic carbocycles. The van der Waals surface area contributed by atoms with E-state index in [1.54, 1.807) is 7.11 Å². The molecule has 0 saturated heterocycles. The fraction of sp³-hybridized carbons (Fsp3) is 0.250. The number of carbonyl (C=O) groups is 1. The van der Waals surface area contributed by atoms with Crippen molar-refractivity contribution in [1.29, 1.82) is 0 Å². The van der Waals surface area contributed by atoms with Gasteiger partial charge in [0, 0.05) is 17.6 Å². The van der Waals surface area contributed by atoms with Crippen molar-refractivity contribution in [2.24, 2.45) is 7.05 Å². The maximum Gasteiger partial charge on any atom is 0.237 e. The van der Waals surface area contributed by atoms with Crippen molar-refractivity contribution in [1.82, 2.24) is 14.8 Å². The van der Waals surface area contributed by atoms with Crippen LogP contribution in [0.2, 0.25) is 5.02 Å². The van der Waals surface area contributed by atoms with Gasteiger partial charge in [0.1, 0.15) is 5.75 Å². The standard InChI is InChI=1S/C20H21ClN4O2S/c1-12-5-10-17(27-4)16(11-12)22-19(26)13(2)28-20-24-23-18(25(20)3)14-6-8-15(21)9-7-14/h5-11,13H,1-4H3,(H,22,26)/t13-/m1/s1. The molecule has 0 unspecified atom stereocenters. The minimum Gasteiger partial charge on any atom is -0.495 e. The van der Waals surface area contributed by atoms with Crippen LogP contribution in [0.25, 0.3) is 11.4 Å². The summed E-state index contributed by atoms with van der Waals surface area (Å²) in [7, 11) is 3.46. The Bertz CT molecular complexity index is 988. The Balaban J connectivity index is 1.73. The average molecular weight is 417 g/mol. The van der Waals surface area contributed by atoms with Gasteiger partial charge in [-0.15, -0.1) is 10.2 Å². The van der Waals surface area contributed by atoms with Gasteiger partial charge < -0.3 is 14.6 Å². The van der Waals surface area contributed by atoms with Crippen LogP contribution in [0, 0.1) is 6.92 Å². The predicted molar refractivity (Wildman–Crippen MR) is 113 cm³/mol. The number of benzene rings is 2. The topological polar surface area (TPSA) is 69.0 Å². The molecule has 1 aromatic heterocycles. The SMILES string of the molecule is COc1ccc(C)cc1NC(=O)[C@@H](C)Sc1nnc(-c2ccc(Cl)cc2)n1C. The van der Waals surface area contributed by atoms with Crippen molar-refractivity contribution in [2.45, 2.75) is 24.3 Å². The predicted octanol–water partition coefficient (Wildman–Crippen LogP) is 4.57. The third-order valence-electron chi connectivity index (χ3n) is 4.20. The quantitative estimate of drug-likeness (QED) is 0.596. The number of anilines is 1. The highest BCUT2D eigenvalue weighted by Crippen LogP contribution is 2.29. The van der Waals surface area contributed by atoms with E-state index in [1.165, 1.54) is 11.8 Å². The first kappa shape index (κ1) is 20.2. The molecule has 0 spiro atoms. The molecule has 1 N–H and O–H groups in total. The van der Waals surface area contributed by atoms with Gasteiger partial charge in [0.2, 0.25) is 5.91 Å².